The van der Waals surface area contributed by atoms with Crippen molar-refractivity contribution in [2.24, 2.45) is 0 Å². The van der Waals surface area contributed by atoms with Gasteiger partial charge in [-0.05, 0) is 49.2 Å². The molecular weight excluding hydrogens is 380 g/mol. The zero-order valence-corrected chi connectivity index (χ0v) is 15.8. The number of carbonyl (C=O) groups is 2. The van der Waals surface area contributed by atoms with Crippen molar-refractivity contribution in [3.05, 3.63) is 69.5 Å². The Labute approximate surface area is 161 Å². The fraction of sp³-hybridized carbons (Fsp3) is 0.263. The van der Waals surface area contributed by atoms with Gasteiger partial charge >= 0.3 is 5.97 Å². The molecule has 0 saturated heterocycles. The highest BCUT2D eigenvalue weighted by atomic mass is 35.5. The van der Waals surface area contributed by atoms with Crippen LogP contribution in [0.1, 0.15) is 31.0 Å². The van der Waals surface area contributed by atoms with E-state index in [1.54, 1.807) is 25.1 Å². The van der Waals surface area contributed by atoms with Crippen LogP contribution in [-0.2, 0) is 20.7 Å². The van der Waals surface area contributed by atoms with Gasteiger partial charge in [0.15, 0.2) is 6.10 Å². The van der Waals surface area contributed by atoms with E-state index in [1.807, 2.05) is 0 Å². The van der Waals surface area contributed by atoms with E-state index in [0.29, 0.717) is 21.2 Å². The Balaban J connectivity index is 1.90. The first kappa shape index (κ1) is 20.2. The van der Waals surface area contributed by atoms with Crippen LogP contribution in [0.2, 0.25) is 10.0 Å². The Morgan fingerprint density at radius 3 is 2.38 bits per heavy atom. The third-order valence-electron chi connectivity index (χ3n) is 3.73. The number of benzene rings is 2. The lowest BCUT2D eigenvalue weighted by molar-refractivity contribution is -0.154. The highest BCUT2D eigenvalue weighted by Crippen LogP contribution is 2.26. The van der Waals surface area contributed by atoms with Gasteiger partial charge < -0.3 is 10.1 Å². The Morgan fingerprint density at radius 2 is 1.77 bits per heavy atom. The van der Waals surface area contributed by atoms with E-state index in [0.717, 1.165) is 0 Å². The van der Waals surface area contributed by atoms with Crippen LogP contribution in [-0.4, -0.2) is 18.0 Å². The molecule has 0 aliphatic carbocycles. The van der Waals surface area contributed by atoms with Crippen molar-refractivity contribution in [3.8, 4) is 0 Å². The molecule has 1 amide bonds. The van der Waals surface area contributed by atoms with Gasteiger partial charge in [0, 0.05) is 10.0 Å². The SMILES string of the molecule is CC(OC(=O)Cc1ccc(F)cc1)C(=O)NC(C)c1ccc(Cl)cc1Cl. The molecule has 138 valence electrons. The van der Waals surface area contributed by atoms with Gasteiger partial charge in [-0.15, -0.1) is 0 Å². The van der Waals surface area contributed by atoms with Crippen LogP contribution in [0.5, 0.6) is 0 Å². The number of ether oxygens (including phenoxy) is 1. The van der Waals surface area contributed by atoms with Crippen molar-refractivity contribution in [3.63, 3.8) is 0 Å². The van der Waals surface area contributed by atoms with Gasteiger partial charge in [-0.25, -0.2) is 4.39 Å². The first-order valence-electron chi connectivity index (χ1n) is 7.95. The van der Waals surface area contributed by atoms with E-state index in [9.17, 15) is 14.0 Å². The van der Waals surface area contributed by atoms with Crippen LogP contribution < -0.4 is 5.32 Å². The van der Waals surface area contributed by atoms with Gasteiger partial charge in [-0.3, -0.25) is 9.59 Å². The molecule has 2 atom stereocenters. The van der Waals surface area contributed by atoms with Gasteiger partial charge in [0.2, 0.25) is 0 Å². The fourth-order valence-corrected chi connectivity index (χ4v) is 2.89. The lowest BCUT2D eigenvalue weighted by Gasteiger charge is -2.19. The lowest BCUT2D eigenvalue weighted by Crippen LogP contribution is -2.37. The van der Waals surface area contributed by atoms with Gasteiger partial charge in [0.05, 0.1) is 12.5 Å². The summed E-state index contributed by atoms with van der Waals surface area (Å²) in [5.41, 5.74) is 1.31. The number of rotatable bonds is 6. The second-order valence-electron chi connectivity index (χ2n) is 5.83. The van der Waals surface area contributed by atoms with Crippen molar-refractivity contribution < 1.29 is 18.7 Å². The molecule has 0 fully saturated rings. The van der Waals surface area contributed by atoms with Crippen molar-refractivity contribution in [2.45, 2.75) is 32.4 Å². The number of hydrogen-bond acceptors (Lipinski definition) is 3. The molecule has 7 heteroatoms. The Hall–Kier alpha value is -2.11. The quantitative estimate of drug-likeness (QED) is 0.730. The number of esters is 1. The lowest BCUT2D eigenvalue weighted by atomic mass is 10.1. The van der Waals surface area contributed by atoms with Crippen LogP contribution in [0.25, 0.3) is 0 Å². The zero-order valence-electron chi connectivity index (χ0n) is 14.3. The Bertz CT molecular complexity index is 796. The molecule has 2 rings (SSSR count). The van der Waals surface area contributed by atoms with E-state index < -0.39 is 18.0 Å². The molecule has 0 aromatic heterocycles. The maximum Gasteiger partial charge on any atom is 0.311 e. The van der Waals surface area contributed by atoms with E-state index >= 15 is 0 Å². The highest BCUT2D eigenvalue weighted by molar-refractivity contribution is 6.35. The van der Waals surface area contributed by atoms with E-state index in [-0.39, 0.29) is 18.3 Å². The van der Waals surface area contributed by atoms with Crippen LogP contribution in [0, 0.1) is 5.82 Å². The van der Waals surface area contributed by atoms with Gasteiger partial charge in [-0.2, -0.15) is 0 Å². The molecule has 0 spiro atoms. The average molecular weight is 398 g/mol. The first-order chi connectivity index (χ1) is 12.3. The molecule has 0 aliphatic heterocycles. The van der Waals surface area contributed by atoms with E-state index in [2.05, 4.69) is 5.32 Å². The Kier molecular flexibility index (Phi) is 7.00. The number of nitrogens with one attached hydrogen (secondary N) is 1. The number of halogens is 3. The molecule has 4 nitrogen and oxygen atoms in total. The third kappa shape index (κ3) is 5.71. The largest absolute Gasteiger partial charge is 0.452 e. The predicted octanol–water partition coefficient (Wildman–Crippen LogP) is 4.48. The molecule has 2 aromatic carbocycles. The molecule has 2 aromatic rings. The maximum absolute atomic E-state index is 12.9. The summed E-state index contributed by atoms with van der Waals surface area (Å²) in [6.45, 7) is 3.24. The molecule has 0 bridgehead atoms. The second-order valence-corrected chi connectivity index (χ2v) is 6.68. The van der Waals surface area contributed by atoms with E-state index in [4.69, 9.17) is 27.9 Å². The smallest absolute Gasteiger partial charge is 0.311 e. The molecule has 2 unspecified atom stereocenters. The summed E-state index contributed by atoms with van der Waals surface area (Å²) in [6.07, 6.45) is -1.02. The van der Waals surface area contributed by atoms with Crippen molar-refractivity contribution in [1.82, 2.24) is 5.32 Å². The normalized spacial score (nSPS) is 13.0. The summed E-state index contributed by atoms with van der Waals surface area (Å²) in [5.74, 6) is -1.41. The minimum atomic E-state index is -0.975. The molecule has 26 heavy (non-hydrogen) atoms. The number of hydrogen-bond donors (Lipinski definition) is 1. The van der Waals surface area contributed by atoms with Crippen LogP contribution in [0.4, 0.5) is 4.39 Å². The summed E-state index contributed by atoms with van der Waals surface area (Å²) >= 11 is 12.0. The molecule has 0 radical (unpaired) electrons. The summed E-state index contributed by atoms with van der Waals surface area (Å²) < 4.78 is 18.0. The topological polar surface area (TPSA) is 55.4 Å². The number of carbonyl (C=O) groups excluding carboxylic acids is 2. The standard InChI is InChI=1S/C19H18Cl2FNO3/c1-11(16-8-5-14(20)10-17(16)21)23-19(25)12(2)26-18(24)9-13-3-6-15(22)7-4-13/h3-8,10-12H,9H2,1-2H3,(H,23,25). The van der Waals surface area contributed by atoms with Gasteiger partial charge in [0.1, 0.15) is 5.82 Å². The minimum absolute atomic E-state index is 0.0452. The minimum Gasteiger partial charge on any atom is -0.452 e. The molecule has 1 N–H and O–H groups in total. The zero-order chi connectivity index (χ0) is 19.3. The summed E-state index contributed by atoms with van der Waals surface area (Å²) in [4.78, 5) is 24.2. The summed E-state index contributed by atoms with van der Waals surface area (Å²) in [6, 6.07) is 10.1. The van der Waals surface area contributed by atoms with Crippen LogP contribution in [0.15, 0.2) is 42.5 Å². The van der Waals surface area contributed by atoms with Crippen LogP contribution in [0.3, 0.4) is 0 Å². The fourth-order valence-electron chi connectivity index (χ4n) is 2.32. The molecular formula is C19H18Cl2FNO3. The number of amides is 1. The predicted molar refractivity (Wildman–Crippen MR) is 98.7 cm³/mol. The monoisotopic (exact) mass is 397 g/mol. The van der Waals surface area contributed by atoms with Crippen molar-refractivity contribution in [2.75, 3.05) is 0 Å². The molecule has 0 saturated carbocycles. The highest BCUT2D eigenvalue weighted by Gasteiger charge is 2.21. The van der Waals surface area contributed by atoms with Gasteiger partial charge in [0.25, 0.3) is 5.91 Å². The molecule has 0 heterocycles. The van der Waals surface area contributed by atoms with Gasteiger partial charge in [-0.1, -0.05) is 41.4 Å². The van der Waals surface area contributed by atoms with E-state index in [1.165, 1.54) is 31.2 Å². The average Bonchev–Trinajstić information content (AvgIpc) is 2.56. The second kappa shape index (κ2) is 9.01. The molecule has 0 aliphatic rings. The first-order valence-corrected chi connectivity index (χ1v) is 8.71. The maximum atomic E-state index is 12.9. The Morgan fingerprint density at radius 1 is 1.12 bits per heavy atom. The summed E-state index contributed by atoms with van der Waals surface area (Å²) in [7, 11) is 0. The summed E-state index contributed by atoms with van der Waals surface area (Å²) in [5, 5.41) is 3.68. The van der Waals surface area contributed by atoms with Crippen LogP contribution >= 0.6 is 23.2 Å². The van der Waals surface area contributed by atoms with Crippen molar-refractivity contribution in [1.29, 1.82) is 0 Å². The third-order valence-corrected chi connectivity index (χ3v) is 4.29. The van der Waals surface area contributed by atoms with Crippen molar-refractivity contribution >= 4 is 35.1 Å².